The third kappa shape index (κ3) is 5.75. The fourth-order valence-electron chi connectivity index (χ4n) is 3.10. The van der Waals surface area contributed by atoms with Crippen molar-refractivity contribution in [3.63, 3.8) is 0 Å². The van der Waals surface area contributed by atoms with E-state index < -0.39 is 0 Å². The monoisotopic (exact) mass is 425 g/mol. The van der Waals surface area contributed by atoms with Gasteiger partial charge in [0.25, 0.3) is 0 Å². The maximum absolute atomic E-state index is 12.0. The molecule has 0 spiro atoms. The standard InChI is InChI=1S/C23H24ClN3OS/c1-16-7-9-22(10-8-16)27-17(2)11-20(18(27)3)13-25-26-23(28)15-29-14-19-5-4-6-21(24)12-19/h4-13H,14-15H2,1-3H3,(H,26,28)/b25-13+. The van der Waals surface area contributed by atoms with Gasteiger partial charge in [0.1, 0.15) is 0 Å². The first kappa shape index (κ1) is 21.2. The third-order valence-corrected chi connectivity index (χ3v) is 5.79. The van der Waals surface area contributed by atoms with E-state index in [2.05, 4.69) is 66.2 Å². The first-order valence-corrected chi connectivity index (χ1v) is 10.9. The number of nitrogens with zero attached hydrogens (tertiary/aromatic N) is 2. The average Bonchev–Trinajstić information content (AvgIpc) is 2.96. The van der Waals surface area contributed by atoms with Crippen molar-refractivity contribution in [3.05, 3.63) is 87.7 Å². The molecular weight excluding hydrogens is 402 g/mol. The molecule has 0 bridgehead atoms. The molecule has 0 aliphatic carbocycles. The molecule has 29 heavy (non-hydrogen) atoms. The number of amides is 1. The summed E-state index contributed by atoms with van der Waals surface area (Å²) < 4.78 is 2.18. The van der Waals surface area contributed by atoms with Crippen LogP contribution in [0.3, 0.4) is 0 Å². The normalized spacial score (nSPS) is 11.2. The van der Waals surface area contributed by atoms with Gasteiger partial charge >= 0.3 is 0 Å². The second-order valence-electron chi connectivity index (χ2n) is 6.91. The Hall–Kier alpha value is -2.50. The fraction of sp³-hybridized carbons (Fsp3) is 0.217. The van der Waals surface area contributed by atoms with Gasteiger partial charge in [-0.05, 0) is 56.7 Å². The van der Waals surface area contributed by atoms with Gasteiger partial charge in [0.15, 0.2) is 0 Å². The number of hydrazone groups is 1. The molecule has 4 nitrogen and oxygen atoms in total. The number of rotatable bonds is 7. The Morgan fingerprint density at radius 3 is 2.62 bits per heavy atom. The van der Waals surface area contributed by atoms with E-state index in [4.69, 9.17) is 11.6 Å². The second-order valence-corrected chi connectivity index (χ2v) is 8.34. The molecule has 1 amide bonds. The molecule has 3 rings (SSSR count). The highest BCUT2D eigenvalue weighted by molar-refractivity contribution is 7.99. The van der Waals surface area contributed by atoms with Gasteiger partial charge in [0, 0.05) is 33.4 Å². The Balaban J connectivity index is 1.55. The molecule has 0 radical (unpaired) electrons. The Morgan fingerprint density at radius 2 is 1.90 bits per heavy atom. The van der Waals surface area contributed by atoms with Crippen LogP contribution in [0.4, 0.5) is 0 Å². The summed E-state index contributed by atoms with van der Waals surface area (Å²) in [4.78, 5) is 12.0. The van der Waals surface area contributed by atoms with Gasteiger partial charge in [-0.2, -0.15) is 5.10 Å². The van der Waals surface area contributed by atoms with Crippen LogP contribution in [-0.2, 0) is 10.5 Å². The van der Waals surface area contributed by atoms with Crippen LogP contribution in [0.5, 0.6) is 0 Å². The van der Waals surface area contributed by atoms with Gasteiger partial charge in [0.2, 0.25) is 5.91 Å². The number of halogens is 1. The van der Waals surface area contributed by atoms with E-state index in [1.807, 2.05) is 24.3 Å². The van der Waals surface area contributed by atoms with Crippen LogP contribution < -0.4 is 5.43 Å². The maximum Gasteiger partial charge on any atom is 0.250 e. The number of thioether (sulfide) groups is 1. The summed E-state index contributed by atoms with van der Waals surface area (Å²) >= 11 is 7.50. The first-order valence-electron chi connectivity index (χ1n) is 9.34. The molecule has 0 unspecified atom stereocenters. The summed E-state index contributed by atoms with van der Waals surface area (Å²) in [5.41, 5.74) is 9.24. The predicted molar refractivity (Wildman–Crippen MR) is 123 cm³/mol. The number of aryl methyl sites for hydroxylation is 2. The minimum absolute atomic E-state index is 0.124. The molecule has 0 aliphatic rings. The van der Waals surface area contributed by atoms with Crippen molar-refractivity contribution in [2.75, 3.05) is 5.75 Å². The first-order chi connectivity index (χ1) is 13.9. The molecule has 0 saturated carbocycles. The summed E-state index contributed by atoms with van der Waals surface area (Å²) in [5.74, 6) is 0.947. The third-order valence-electron chi connectivity index (χ3n) is 4.55. The number of hydrogen-bond acceptors (Lipinski definition) is 3. The topological polar surface area (TPSA) is 46.4 Å². The molecule has 1 heterocycles. The van der Waals surface area contributed by atoms with E-state index in [1.165, 1.54) is 17.3 Å². The van der Waals surface area contributed by atoms with Gasteiger partial charge in [0.05, 0.1) is 12.0 Å². The summed E-state index contributed by atoms with van der Waals surface area (Å²) in [6.07, 6.45) is 1.70. The molecule has 0 atom stereocenters. The quantitative estimate of drug-likeness (QED) is 0.404. The largest absolute Gasteiger partial charge is 0.318 e. The van der Waals surface area contributed by atoms with Crippen molar-refractivity contribution < 1.29 is 4.79 Å². The SMILES string of the molecule is Cc1ccc(-n2c(C)cc(/C=N/NC(=O)CSCc3cccc(Cl)c3)c2C)cc1. The Labute approximate surface area is 181 Å². The van der Waals surface area contributed by atoms with E-state index in [9.17, 15) is 4.79 Å². The molecule has 2 aromatic carbocycles. The van der Waals surface area contributed by atoms with Crippen LogP contribution in [0.25, 0.3) is 5.69 Å². The lowest BCUT2D eigenvalue weighted by atomic mass is 10.2. The second kappa shape index (κ2) is 9.81. The number of benzene rings is 2. The lowest BCUT2D eigenvalue weighted by Gasteiger charge is -2.09. The van der Waals surface area contributed by atoms with Crippen LogP contribution in [0.15, 0.2) is 59.7 Å². The number of carbonyl (C=O) groups is 1. The molecule has 150 valence electrons. The number of nitrogens with one attached hydrogen (secondary N) is 1. The van der Waals surface area contributed by atoms with Crippen molar-refractivity contribution in [1.82, 2.24) is 9.99 Å². The Kier molecular flexibility index (Phi) is 7.18. The zero-order valence-electron chi connectivity index (χ0n) is 16.8. The lowest BCUT2D eigenvalue weighted by molar-refractivity contribution is -0.118. The van der Waals surface area contributed by atoms with Crippen molar-refractivity contribution in [1.29, 1.82) is 0 Å². The highest BCUT2D eigenvalue weighted by Gasteiger charge is 2.09. The van der Waals surface area contributed by atoms with Gasteiger partial charge in [-0.1, -0.05) is 41.4 Å². The molecule has 1 aromatic heterocycles. The molecular formula is C23H24ClN3OS. The zero-order valence-corrected chi connectivity index (χ0v) is 18.3. The Bertz CT molecular complexity index is 1030. The maximum atomic E-state index is 12.0. The van der Waals surface area contributed by atoms with Gasteiger partial charge < -0.3 is 4.57 Å². The van der Waals surface area contributed by atoms with E-state index in [0.29, 0.717) is 10.8 Å². The minimum Gasteiger partial charge on any atom is -0.318 e. The van der Waals surface area contributed by atoms with Crippen LogP contribution in [0, 0.1) is 20.8 Å². The van der Waals surface area contributed by atoms with Crippen molar-refractivity contribution >= 4 is 35.5 Å². The molecule has 1 N–H and O–H groups in total. The minimum atomic E-state index is -0.124. The van der Waals surface area contributed by atoms with Crippen LogP contribution in [-0.4, -0.2) is 22.4 Å². The molecule has 0 aliphatic heterocycles. The zero-order chi connectivity index (χ0) is 20.8. The fourth-order valence-corrected chi connectivity index (χ4v) is 4.08. The number of carbonyl (C=O) groups excluding carboxylic acids is 1. The van der Waals surface area contributed by atoms with E-state index >= 15 is 0 Å². The van der Waals surface area contributed by atoms with Crippen LogP contribution in [0.1, 0.15) is 28.1 Å². The van der Waals surface area contributed by atoms with Gasteiger partial charge in [-0.3, -0.25) is 4.79 Å². The molecule has 3 aromatic rings. The van der Waals surface area contributed by atoms with Crippen molar-refractivity contribution in [2.45, 2.75) is 26.5 Å². The summed E-state index contributed by atoms with van der Waals surface area (Å²) in [6, 6.07) is 18.1. The predicted octanol–water partition coefficient (Wildman–Crippen LogP) is 5.44. The number of aromatic nitrogens is 1. The van der Waals surface area contributed by atoms with E-state index in [1.54, 1.807) is 6.21 Å². The highest BCUT2D eigenvalue weighted by Crippen LogP contribution is 2.20. The van der Waals surface area contributed by atoms with Crippen LogP contribution >= 0.6 is 23.4 Å². The van der Waals surface area contributed by atoms with Crippen molar-refractivity contribution in [3.8, 4) is 5.69 Å². The lowest BCUT2D eigenvalue weighted by Crippen LogP contribution is -2.19. The summed E-state index contributed by atoms with van der Waals surface area (Å²) in [5, 5.41) is 4.84. The molecule has 6 heteroatoms. The van der Waals surface area contributed by atoms with Crippen LogP contribution in [0.2, 0.25) is 5.02 Å². The number of hydrogen-bond donors (Lipinski definition) is 1. The highest BCUT2D eigenvalue weighted by atomic mass is 35.5. The van der Waals surface area contributed by atoms with E-state index in [-0.39, 0.29) is 5.91 Å². The van der Waals surface area contributed by atoms with Gasteiger partial charge in [-0.25, -0.2) is 5.43 Å². The van der Waals surface area contributed by atoms with E-state index in [0.717, 1.165) is 34.0 Å². The molecule has 0 fully saturated rings. The van der Waals surface area contributed by atoms with Crippen molar-refractivity contribution in [2.24, 2.45) is 5.10 Å². The average molecular weight is 426 g/mol. The summed E-state index contributed by atoms with van der Waals surface area (Å²) in [7, 11) is 0. The Morgan fingerprint density at radius 1 is 1.14 bits per heavy atom. The molecule has 0 saturated heterocycles. The summed E-state index contributed by atoms with van der Waals surface area (Å²) in [6.45, 7) is 6.19. The van der Waals surface area contributed by atoms with Gasteiger partial charge in [-0.15, -0.1) is 11.8 Å². The smallest absolute Gasteiger partial charge is 0.250 e.